The summed E-state index contributed by atoms with van der Waals surface area (Å²) in [5.41, 5.74) is 1.60. The first-order valence-corrected chi connectivity index (χ1v) is 9.62. The van der Waals surface area contributed by atoms with Crippen LogP contribution in [0, 0.1) is 12.8 Å². The lowest BCUT2D eigenvalue weighted by molar-refractivity contribution is -0.110. The van der Waals surface area contributed by atoms with Crippen LogP contribution in [-0.4, -0.2) is 33.5 Å². The number of piperidine rings is 1. The lowest BCUT2D eigenvalue weighted by atomic mass is 9.66. The normalized spacial score (nSPS) is 28.5. The molecule has 3 atom stereocenters. The lowest BCUT2D eigenvalue weighted by Crippen LogP contribution is -2.59. The molecule has 2 heterocycles. The fourth-order valence-electron chi connectivity index (χ4n) is 4.89. The Labute approximate surface area is 154 Å². The predicted octanol–water partition coefficient (Wildman–Crippen LogP) is 3.68. The molecule has 1 aliphatic heterocycles. The summed E-state index contributed by atoms with van der Waals surface area (Å²) in [5.74, 6) is 0.149. The number of aryl methyl sites for hydroxylation is 1. The van der Waals surface area contributed by atoms with E-state index in [1.807, 2.05) is 54.3 Å². The molecule has 0 bridgehead atoms. The molecule has 4 nitrogen and oxygen atoms in total. The smallest absolute Gasteiger partial charge is 0.255 e. The van der Waals surface area contributed by atoms with Crippen molar-refractivity contribution in [3.8, 4) is 0 Å². The topological polar surface area (TPSA) is 53.4 Å². The molecular weight excluding hydrogens is 324 g/mol. The highest BCUT2D eigenvalue weighted by Gasteiger charge is 2.50. The number of hydrogen-bond acceptors (Lipinski definition) is 3. The van der Waals surface area contributed by atoms with Gasteiger partial charge in [0, 0.05) is 30.4 Å². The molecule has 1 saturated heterocycles. The van der Waals surface area contributed by atoms with E-state index in [1.165, 1.54) is 0 Å². The van der Waals surface area contributed by atoms with E-state index in [1.54, 1.807) is 6.20 Å². The Morgan fingerprint density at radius 2 is 1.92 bits per heavy atom. The number of hydrogen-bond donors (Lipinski definition) is 1. The van der Waals surface area contributed by atoms with Gasteiger partial charge < -0.3 is 10.0 Å². The zero-order chi connectivity index (χ0) is 18.1. The van der Waals surface area contributed by atoms with Crippen LogP contribution in [0.4, 0.5) is 0 Å². The number of carbonyl (C=O) groups is 1. The van der Waals surface area contributed by atoms with Crippen LogP contribution >= 0.6 is 0 Å². The monoisotopic (exact) mass is 350 g/mol. The molecule has 1 unspecified atom stereocenters. The number of nitrogens with zero attached hydrogens (tertiary/aromatic N) is 2. The zero-order valence-corrected chi connectivity index (χ0v) is 15.3. The van der Waals surface area contributed by atoms with Gasteiger partial charge in [0.05, 0.1) is 11.2 Å². The number of benzene rings is 1. The first-order chi connectivity index (χ1) is 12.6. The summed E-state index contributed by atoms with van der Waals surface area (Å²) in [5, 5.41) is 11.6. The summed E-state index contributed by atoms with van der Waals surface area (Å²) >= 11 is 0. The molecule has 1 aliphatic carbocycles. The third-order valence-electron chi connectivity index (χ3n) is 6.25. The average molecular weight is 350 g/mol. The fraction of sp³-hybridized carbons (Fsp3) is 0.455. The van der Waals surface area contributed by atoms with Crippen molar-refractivity contribution in [2.45, 2.75) is 50.7 Å². The lowest BCUT2D eigenvalue weighted by Gasteiger charge is -2.52. The number of likely N-dealkylation sites (tertiary alicyclic amines) is 1. The second-order valence-electron chi connectivity index (χ2n) is 7.63. The van der Waals surface area contributed by atoms with Crippen LogP contribution in [0.5, 0.6) is 0 Å². The van der Waals surface area contributed by atoms with Gasteiger partial charge in [0.25, 0.3) is 5.91 Å². The standard InChI is InChI=1S/C22H26N2O2/c1-16-18(10-7-14-23-16)21(25)24-15-13-22(26,17-8-3-2-4-9-17)19-11-5-6-12-20(19)24/h2-4,7-10,14,19-20,26H,5-6,11-13,15H2,1H3/t19-,20?,22-/m1/s1. The second-order valence-corrected chi connectivity index (χ2v) is 7.63. The van der Waals surface area contributed by atoms with Crippen molar-refractivity contribution < 1.29 is 9.90 Å². The average Bonchev–Trinajstić information content (AvgIpc) is 2.69. The Bertz CT molecular complexity index is 792. The highest BCUT2D eigenvalue weighted by molar-refractivity contribution is 5.95. The van der Waals surface area contributed by atoms with Crippen molar-refractivity contribution in [2.24, 2.45) is 5.92 Å². The summed E-state index contributed by atoms with van der Waals surface area (Å²) in [4.78, 5) is 19.5. The van der Waals surface area contributed by atoms with Crippen LogP contribution in [0.3, 0.4) is 0 Å². The van der Waals surface area contributed by atoms with Crippen LogP contribution in [0.2, 0.25) is 0 Å². The van der Waals surface area contributed by atoms with Gasteiger partial charge >= 0.3 is 0 Å². The maximum Gasteiger partial charge on any atom is 0.255 e. The zero-order valence-electron chi connectivity index (χ0n) is 15.3. The third kappa shape index (κ3) is 2.82. The van der Waals surface area contributed by atoms with E-state index in [0.29, 0.717) is 18.5 Å². The third-order valence-corrected chi connectivity index (χ3v) is 6.25. The van der Waals surface area contributed by atoms with Gasteiger partial charge in [-0.05, 0) is 43.9 Å². The van der Waals surface area contributed by atoms with Crippen molar-refractivity contribution in [1.82, 2.24) is 9.88 Å². The van der Waals surface area contributed by atoms with E-state index in [0.717, 1.165) is 36.9 Å². The maximum atomic E-state index is 13.2. The van der Waals surface area contributed by atoms with E-state index in [4.69, 9.17) is 0 Å². The van der Waals surface area contributed by atoms with Gasteiger partial charge in [0.15, 0.2) is 0 Å². The largest absolute Gasteiger partial charge is 0.385 e. The molecule has 2 aliphatic rings. The van der Waals surface area contributed by atoms with Crippen LogP contribution in [0.1, 0.15) is 53.7 Å². The molecule has 4 heteroatoms. The maximum absolute atomic E-state index is 13.2. The quantitative estimate of drug-likeness (QED) is 0.899. The molecule has 2 aromatic rings. The van der Waals surface area contributed by atoms with E-state index >= 15 is 0 Å². The second kappa shape index (κ2) is 6.84. The molecule has 1 N–H and O–H groups in total. The van der Waals surface area contributed by atoms with Crippen molar-refractivity contribution in [1.29, 1.82) is 0 Å². The van der Waals surface area contributed by atoms with Gasteiger partial charge in [-0.2, -0.15) is 0 Å². The van der Waals surface area contributed by atoms with E-state index in [9.17, 15) is 9.90 Å². The predicted molar refractivity (Wildman–Crippen MR) is 101 cm³/mol. The first kappa shape index (κ1) is 17.2. The van der Waals surface area contributed by atoms with Crippen molar-refractivity contribution >= 4 is 5.91 Å². The highest BCUT2D eigenvalue weighted by Crippen LogP contribution is 2.47. The summed E-state index contributed by atoms with van der Waals surface area (Å²) in [6.07, 6.45) is 6.46. The minimum absolute atomic E-state index is 0.0580. The van der Waals surface area contributed by atoms with Crippen molar-refractivity contribution in [3.05, 3.63) is 65.5 Å². The van der Waals surface area contributed by atoms with Crippen LogP contribution in [0.25, 0.3) is 0 Å². The summed E-state index contributed by atoms with van der Waals surface area (Å²) < 4.78 is 0. The summed E-state index contributed by atoms with van der Waals surface area (Å²) in [6.45, 7) is 2.47. The number of aliphatic hydroxyl groups is 1. The summed E-state index contributed by atoms with van der Waals surface area (Å²) in [7, 11) is 0. The van der Waals surface area contributed by atoms with Crippen molar-refractivity contribution in [2.75, 3.05) is 6.54 Å². The van der Waals surface area contributed by atoms with Gasteiger partial charge in [-0.15, -0.1) is 0 Å². The number of carbonyl (C=O) groups excluding carboxylic acids is 1. The number of rotatable bonds is 2. The number of pyridine rings is 1. The van der Waals surface area contributed by atoms with Gasteiger partial charge in [-0.3, -0.25) is 9.78 Å². The van der Waals surface area contributed by atoms with Crippen LogP contribution in [0.15, 0.2) is 48.7 Å². The minimum atomic E-state index is -0.840. The fourth-order valence-corrected chi connectivity index (χ4v) is 4.89. The number of fused-ring (bicyclic) bond motifs is 1. The SMILES string of the molecule is Cc1ncccc1C(=O)N1CC[C@@](O)(c2ccccc2)[C@@H]2CCCCC21. The molecule has 26 heavy (non-hydrogen) atoms. The molecule has 1 aromatic carbocycles. The molecule has 2 fully saturated rings. The van der Waals surface area contributed by atoms with Gasteiger partial charge in [0.2, 0.25) is 0 Å². The molecule has 4 rings (SSSR count). The summed E-state index contributed by atoms with van der Waals surface area (Å²) in [6, 6.07) is 13.8. The minimum Gasteiger partial charge on any atom is -0.385 e. The van der Waals surface area contributed by atoms with Gasteiger partial charge in [0.1, 0.15) is 0 Å². The van der Waals surface area contributed by atoms with E-state index < -0.39 is 5.60 Å². The Hall–Kier alpha value is -2.20. The number of amides is 1. The van der Waals surface area contributed by atoms with E-state index in [2.05, 4.69) is 4.98 Å². The molecule has 1 saturated carbocycles. The Morgan fingerprint density at radius 3 is 2.69 bits per heavy atom. The molecule has 0 radical (unpaired) electrons. The molecule has 1 amide bonds. The van der Waals surface area contributed by atoms with Gasteiger partial charge in [-0.25, -0.2) is 0 Å². The van der Waals surface area contributed by atoms with Crippen molar-refractivity contribution in [3.63, 3.8) is 0 Å². The number of aromatic nitrogens is 1. The van der Waals surface area contributed by atoms with Crippen LogP contribution < -0.4 is 0 Å². The Balaban J connectivity index is 1.67. The molecule has 0 spiro atoms. The van der Waals surface area contributed by atoms with E-state index in [-0.39, 0.29) is 17.9 Å². The highest BCUT2D eigenvalue weighted by atomic mass is 16.3. The molecule has 1 aromatic heterocycles. The molecular formula is C22H26N2O2. The van der Waals surface area contributed by atoms with Crippen LogP contribution in [-0.2, 0) is 5.60 Å². The Morgan fingerprint density at radius 1 is 1.15 bits per heavy atom. The Kier molecular flexibility index (Phi) is 4.53. The molecule has 136 valence electrons. The van der Waals surface area contributed by atoms with Gasteiger partial charge in [-0.1, -0.05) is 43.2 Å². The first-order valence-electron chi connectivity index (χ1n) is 9.62.